The van der Waals surface area contributed by atoms with Crippen LogP contribution in [0.4, 0.5) is 0 Å². The molecule has 5 rings (SSSR count). The van der Waals surface area contributed by atoms with Gasteiger partial charge in [0.25, 0.3) is 5.91 Å². The standard InChI is InChI=1S/C22H27N5O2/c28-20(23-8-16-6-7-16)19-12-26(11-17-4-2-1-3-5-17)13-22(19)14-27(15-22)21(29)18-9-24-25-10-18/h1-5,9-10,16,19H,6-8,11-15H2,(H,23,28)(H,24,25). The number of aromatic nitrogens is 2. The van der Waals surface area contributed by atoms with Gasteiger partial charge in [-0.05, 0) is 24.3 Å². The minimum atomic E-state index is -0.151. The first-order valence-corrected chi connectivity index (χ1v) is 10.4. The monoisotopic (exact) mass is 393 g/mol. The lowest BCUT2D eigenvalue weighted by atomic mass is 9.71. The van der Waals surface area contributed by atoms with Gasteiger partial charge in [-0.2, -0.15) is 5.10 Å². The fraction of sp³-hybridized carbons (Fsp3) is 0.500. The van der Waals surface area contributed by atoms with E-state index in [1.165, 1.54) is 18.4 Å². The zero-order chi connectivity index (χ0) is 19.8. The molecule has 1 saturated carbocycles. The molecule has 2 aliphatic heterocycles. The van der Waals surface area contributed by atoms with Crippen molar-refractivity contribution in [3.05, 3.63) is 53.9 Å². The van der Waals surface area contributed by atoms with Crippen molar-refractivity contribution in [2.45, 2.75) is 19.4 Å². The molecule has 2 N–H and O–H groups in total. The van der Waals surface area contributed by atoms with Gasteiger partial charge >= 0.3 is 0 Å². The zero-order valence-corrected chi connectivity index (χ0v) is 16.5. The van der Waals surface area contributed by atoms with Crippen molar-refractivity contribution in [2.75, 3.05) is 32.7 Å². The van der Waals surface area contributed by atoms with Crippen molar-refractivity contribution in [2.24, 2.45) is 17.3 Å². The molecule has 3 fully saturated rings. The number of carbonyl (C=O) groups excluding carboxylic acids is 2. The summed E-state index contributed by atoms with van der Waals surface area (Å²) in [6.45, 7) is 4.48. The van der Waals surface area contributed by atoms with Crippen molar-refractivity contribution in [3.8, 4) is 0 Å². The van der Waals surface area contributed by atoms with Gasteiger partial charge < -0.3 is 10.2 Å². The molecule has 2 amide bonds. The summed E-state index contributed by atoms with van der Waals surface area (Å²) in [5, 5.41) is 9.76. The zero-order valence-electron chi connectivity index (χ0n) is 16.5. The van der Waals surface area contributed by atoms with Gasteiger partial charge in [-0.25, -0.2) is 0 Å². The molecule has 1 spiro atoms. The van der Waals surface area contributed by atoms with Crippen LogP contribution in [0.15, 0.2) is 42.7 Å². The second-order valence-corrected chi connectivity index (χ2v) is 8.91. The van der Waals surface area contributed by atoms with Gasteiger partial charge in [0, 0.05) is 50.9 Å². The fourth-order valence-corrected chi connectivity index (χ4v) is 4.81. The van der Waals surface area contributed by atoms with Gasteiger partial charge in [0.2, 0.25) is 5.91 Å². The van der Waals surface area contributed by atoms with Gasteiger partial charge in [-0.15, -0.1) is 0 Å². The number of hydrogen-bond donors (Lipinski definition) is 2. The summed E-state index contributed by atoms with van der Waals surface area (Å²) in [5.74, 6) is 0.738. The van der Waals surface area contributed by atoms with E-state index in [4.69, 9.17) is 0 Å². The van der Waals surface area contributed by atoms with Gasteiger partial charge in [0.1, 0.15) is 0 Å². The first kappa shape index (κ1) is 18.4. The Morgan fingerprint density at radius 1 is 1.17 bits per heavy atom. The molecule has 1 atom stereocenters. The Kier molecular flexibility index (Phi) is 4.62. The van der Waals surface area contributed by atoms with Gasteiger partial charge in [-0.1, -0.05) is 30.3 Å². The number of carbonyl (C=O) groups is 2. The molecular weight excluding hydrogens is 366 g/mol. The van der Waals surface area contributed by atoms with Crippen LogP contribution in [-0.4, -0.2) is 64.5 Å². The molecule has 1 aliphatic carbocycles. The van der Waals surface area contributed by atoms with Crippen LogP contribution in [0.5, 0.6) is 0 Å². The third-order valence-electron chi connectivity index (χ3n) is 6.59. The number of likely N-dealkylation sites (tertiary alicyclic amines) is 2. The number of amides is 2. The summed E-state index contributed by atoms with van der Waals surface area (Å²) in [6.07, 6.45) is 5.64. The largest absolute Gasteiger partial charge is 0.356 e. The van der Waals surface area contributed by atoms with Crippen LogP contribution in [0.3, 0.4) is 0 Å². The number of benzene rings is 1. The molecule has 1 aromatic carbocycles. The smallest absolute Gasteiger partial charge is 0.257 e. The molecule has 2 aromatic rings. The maximum absolute atomic E-state index is 13.0. The molecule has 7 nitrogen and oxygen atoms in total. The number of nitrogens with one attached hydrogen (secondary N) is 2. The van der Waals surface area contributed by atoms with E-state index in [-0.39, 0.29) is 23.1 Å². The van der Waals surface area contributed by atoms with Crippen molar-refractivity contribution >= 4 is 11.8 Å². The SMILES string of the molecule is O=C(NCC1CC1)C1CN(Cc2ccccc2)CC12CN(C(=O)c1cn[nH]c1)C2. The van der Waals surface area contributed by atoms with E-state index in [0.29, 0.717) is 24.6 Å². The summed E-state index contributed by atoms with van der Waals surface area (Å²) in [4.78, 5) is 29.9. The summed E-state index contributed by atoms with van der Waals surface area (Å²) in [5.41, 5.74) is 1.68. The lowest BCUT2D eigenvalue weighted by Gasteiger charge is -2.50. The second kappa shape index (κ2) is 7.30. The number of H-pyrrole nitrogens is 1. The Bertz CT molecular complexity index is 872. The predicted molar refractivity (Wildman–Crippen MR) is 108 cm³/mol. The Balaban J connectivity index is 1.29. The molecule has 3 aliphatic rings. The minimum Gasteiger partial charge on any atom is -0.356 e. The molecule has 1 aromatic heterocycles. The maximum atomic E-state index is 13.0. The highest BCUT2D eigenvalue weighted by molar-refractivity contribution is 5.94. The van der Waals surface area contributed by atoms with E-state index in [0.717, 1.165) is 26.2 Å². The van der Waals surface area contributed by atoms with E-state index in [1.54, 1.807) is 12.4 Å². The van der Waals surface area contributed by atoms with E-state index < -0.39 is 0 Å². The number of nitrogens with zero attached hydrogens (tertiary/aromatic N) is 3. The number of rotatable bonds is 6. The van der Waals surface area contributed by atoms with E-state index in [2.05, 4.69) is 44.7 Å². The van der Waals surface area contributed by atoms with Crippen molar-refractivity contribution in [1.82, 2.24) is 25.3 Å². The fourth-order valence-electron chi connectivity index (χ4n) is 4.81. The third-order valence-corrected chi connectivity index (χ3v) is 6.59. The quantitative estimate of drug-likeness (QED) is 0.780. The Labute approximate surface area is 170 Å². The Morgan fingerprint density at radius 3 is 2.66 bits per heavy atom. The highest BCUT2D eigenvalue weighted by Gasteiger charge is 2.57. The summed E-state index contributed by atoms with van der Waals surface area (Å²) >= 11 is 0. The third kappa shape index (κ3) is 3.67. The minimum absolute atomic E-state index is 0.0111. The molecule has 152 valence electrons. The van der Waals surface area contributed by atoms with E-state index in [9.17, 15) is 9.59 Å². The molecular formula is C22H27N5O2. The number of hydrogen-bond acceptors (Lipinski definition) is 4. The number of aromatic amines is 1. The lowest BCUT2D eigenvalue weighted by molar-refractivity contribution is -0.131. The molecule has 0 radical (unpaired) electrons. The van der Waals surface area contributed by atoms with Crippen LogP contribution in [0.1, 0.15) is 28.8 Å². The maximum Gasteiger partial charge on any atom is 0.257 e. The van der Waals surface area contributed by atoms with Gasteiger partial charge in [-0.3, -0.25) is 19.6 Å². The lowest BCUT2D eigenvalue weighted by Crippen LogP contribution is -2.64. The highest BCUT2D eigenvalue weighted by Crippen LogP contribution is 2.45. The van der Waals surface area contributed by atoms with Crippen molar-refractivity contribution in [3.63, 3.8) is 0 Å². The topological polar surface area (TPSA) is 81.3 Å². The summed E-state index contributed by atoms with van der Waals surface area (Å²) in [6, 6.07) is 10.4. The van der Waals surface area contributed by atoms with Gasteiger partial charge in [0.05, 0.1) is 17.7 Å². The molecule has 7 heteroatoms. The second-order valence-electron chi connectivity index (χ2n) is 8.91. The van der Waals surface area contributed by atoms with Crippen LogP contribution < -0.4 is 5.32 Å². The van der Waals surface area contributed by atoms with Crippen LogP contribution in [0.25, 0.3) is 0 Å². The van der Waals surface area contributed by atoms with Crippen LogP contribution in [0, 0.1) is 17.3 Å². The first-order chi connectivity index (χ1) is 14.1. The van der Waals surface area contributed by atoms with Crippen molar-refractivity contribution in [1.29, 1.82) is 0 Å². The van der Waals surface area contributed by atoms with E-state index in [1.807, 2.05) is 11.0 Å². The van der Waals surface area contributed by atoms with Crippen LogP contribution in [0.2, 0.25) is 0 Å². The molecule has 1 unspecified atom stereocenters. The molecule has 3 heterocycles. The van der Waals surface area contributed by atoms with E-state index >= 15 is 0 Å². The Morgan fingerprint density at radius 2 is 1.97 bits per heavy atom. The normalized spacial score (nSPS) is 23.2. The molecule has 2 saturated heterocycles. The Hall–Kier alpha value is -2.67. The van der Waals surface area contributed by atoms with Crippen LogP contribution >= 0.6 is 0 Å². The highest BCUT2D eigenvalue weighted by atomic mass is 16.2. The average Bonchev–Trinajstić information content (AvgIpc) is 3.22. The predicted octanol–water partition coefficient (Wildman–Crippen LogP) is 1.51. The van der Waals surface area contributed by atoms with Gasteiger partial charge in [0.15, 0.2) is 0 Å². The average molecular weight is 393 g/mol. The molecule has 29 heavy (non-hydrogen) atoms. The summed E-state index contributed by atoms with van der Waals surface area (Å²) < 4.78 is 0. The first-order valence-electron chi connectivity index (χ1n) is 10.4. The van der Waals surface area contributed by atoms with Crippen molar-refractivity contribution < 1.29 is 9.59 Å². The molecule has 0 bridgehead atoms. The summed E-state index contributed by atoms with van der Waals surface area (Å²) in [7, 11) is 0. The van der Waals surface area contributed by atoms with Crippen LogP contribution in [-0.2, 0) is 11.3 Å².